The summed E-state index contributed by atoms with van der Waals surface area (Å²) in [5.41, 5.74) is 13.0. The van der Waals surface area contributed by atoms with E-state index in [1.807, 2.05) is 31.2 Å². The molecule has 10 N–H and O–H groups in total. The van der Waals surface area contributed by atoms with Gasteiger partial charge in [-0.2, -0.15) is 0 Å². The molecular formula is C23H35ClN8O4. The normalized spacial score (nSPS) is 12.6. The summed E-state index contributed by atoms with van der Waals surface area (Å²) in [5.74, 6) is -1.13. The fraction of sp³-hybridized carbons (Fsp3) is 0.478. The number of hydrogen-bond acceptors (Lipinski definition) is 10. The molecular weight excluding hydrogens is 488 g/mol. The van der Waals surface area contributed by atoms with Crippen molar-refractivity contribution in [2.45, 2.75) is 44.8 Å². The number of aliphatic hydroxyl groups is 2. The van der Waals surface area contributed by atoms with Gasteiger partial charge in [0.05, 0.1) is 25.4 Å². The Morgan fingerprint density at radius 3 is 2.50 bits per heavy atom. The van der Waals surface area contributed by atoms with Crippen molar-refractivity contribution in [2.24, 2.45) is 0 Å². The lowest BCUT2D eigenvalue weighted by Crippen LogP contribution is -2.41. The number of carbonyl (C=O) groups is 1. The third-order valence-corrected chi connectivity index (χ3v) is 5.42. The molecule has 198 valence electrons. The molecule has 0 spiro atoms. The van der Waals surface area contributed by atoms with Crippen molar-refractivity contribution >= 4 is 40.8 Å². The number of amides is 1. The van der Waals surface area contributed by atoms with Crippen LogP contribution in [0.25, 0.3) is 0 Å². The molecule has 2 atom stereocenters. The predicted octanol–water partition coefficient (Wildman–Crippen LogP) is 1.13. The first-order valence-electron chi connectivity index (χ1n) is 11.7. The second kappa shape index (κ2) is 15.0. The zero-order valence-electron chi connectivity index (χ0n) is 20.3. The minimum absolute atomic E-state index is 0.0749. The number of hydrogen-bond donors (Lipinski definition) is 8. The Balaban J connectivity index is 1.61. The van der Waals surface area contributed by atoms with Gasteiger partial charge in [-0.3, -0.25) is 15.5 Å². The highest BCUT2D eigenvalue weighted by Crippen LogP contribution is 2.17. The van der Waals surface area contributed by atoms with E-state index in [1.165, 1.54) is 0 Å². The Morgan fingerprint density at radius 2 is 1.81 bits per heavy atom. The molecule has 0 fully saturated rings. The van der Waals surface area contributed by atoms with Crippen molar-refractivity contribution in [2.75, 3.05) is 43.1 Å². The molecule has 0 unspecified atom stereocenters. The minimum atomic E-state index is -0.705. The van der Waals surface area contributed by atoms with Crippen LogP contribution in [-0.2, 0) is 11.2 Å². The van der Waals surface area contributed by atoms with Gasteiger partial charge in [0.2, 0.25) is 0 Å². The summed E-state index contributed by atoms with van der Waals surface area (Å²) in [6, 6.07) is 7.93. The van der Waals surface area contributed by atoms with E-state index in [9.17, 15) is 15.0 Å². The summed E-state index contributed by atoms with van der Waals surface area (Å²) in [5, 5.41) is 35.5. The molecule has 13 heteroatoms. The maximum atomic E-state index is 12.2. The van der Waals surface area contributed by atoms with Crippen LogP contribution in [0.5, 0.6) is 0 Å². The highest BCUT2D eigenvalue weighted by Gasteiger charge is 2.17. The van der Waals surface area contributed by atoms with Crippen LogP contribution in [0.15, 0.2) is 24.3 Å². The van der Waals surface area contributed by atoms with E-state index < -0.39 is 18.1 Å². The van der Waals surface area contributed by atoms with Crippen molar-refractivity contribution in [1.82, 2.24) is 20.6 Å². The first-order valence-corrected chi connectivity index (χ1v) is 12.1. The molecule has 0 aliphatic carbocycles. The van der Waals surface area contributed by atoms with E-state index >= 15 is 0 Å². The zero-order valence-corrected chi connectivity index (χ0v) is 21.0. The molecule has 36 heavy (non-hydrogen) atoms. The number of unbranched alkanes of at least 4 members (excludes halogenated alkanes) is 1. The number of nitrogens with two attached hydrogens (primary N) is 2. The topological polar surface area (TPSA) is 205 Å². The number of rotatable bonds is 14. The number of nitrogens with one attached hydrogen (secondary N) is 4. The van der Waals surface area contributed by atoms with Gasteiger partial charge in [-0.05, 0) is 43.4 Å². The number of ether oxygens (including phenoxy) is 1. The van der Waals surface area contributed by atoms with E-state index in [2.05, 4.69) is 25.9 Å². The van der Waals surface area contributed by atoms with Gasteiger partial charge in [0.15, 0.2) is 28.4 Å². The average molecular weight is 523 g/mol. The molecule has 1 heterocycles. The summed E-state index contributed by atoms with van der Waals surface area (Å²) in [7, 11) is 0. The van der Waals surface area contributed by atoms with E-state index in [-0.39, 0.29) is 41.7 Å². The second-order valence-corrected chi connectivity index (χ2v) is 8.54. The monoisotopic (exact) mass is 522 g/mol. The Bertz CT molecular complexity index is 993. The maximum Gasteiger partial charge on any atom is 0.280 e. The Labute approximate surface area is 215 Å². The summed E-state index contributed by atoms with van der Waals surface area (Å²) >= 11 is 5.77. The lowest BCUT2D eigenvalue weighted by molar-refractivity contribution is -0.00436. The summed E-state index contributed by atoms with van der Waals surface area (Å²) in [4.78, 5) is 19.7. The molecule has 1 aromatic carbocycles. The first-order chi connectivity index (χ1) is 17.2. The quantitative estimate of drug-likeness (QED) is 0.101. The van der Waals surface area contributed by atoms with E-state index in [0.717, 1.165) is 30.5 Å². The van der Waals surface area contributed by atoms with Gasteiger partial charge in [-0.25, -0.2) is 9.97 Å². The number of aliphatic hydroxyl groups excluding tert-OH is 2. The van der Waals surface area contributed by atoms with Crippen LogP contribution in [0.3, 0.4) is 0 Å². The fourth-order valence-electron chi connectivity index (χ4n) is 3.03. The maximum absolute atomic E-state index is 12.2. The number of carbonyl (C=O) groups excluding carboxylic acids is 1. The van der Waals surface area contributed by atoms with Crippen LogP contribution in [0, 0.1) is 5.41 Å². The molecule has 0 saturated heterocycles. The number of aromatic nitrogens is 2. The van der Waals surface area contributed by atoms with Crippen molar-refractivity contribution in [3.8, 4) is 0 Å². The third-order valence-electron chi connectivity index (χ3n) is 5.14. The highest BCUT2D eigenvalue weighted by molar-refractivity contribution is 6.31. The molecule has 0 bridgehead atoms. The summed E-state index contributed by atoms with van der Waals surface area (Å²) < 4.78 is 5.29. The predicted molar refractivity (Wildman–Crippen MR) is 140 cm³/mol. The number of benzene rings is 1. The number of guanidine groups is 1. The lowest BCUT2D eigenvalue weighted by atomic mass is 10.1. The Morgan fingerprint density at radius 1 is 1.11 bits per heavy atom. The molecule has 2 aromatic rings. The van der Waals surface area contributed by atoms with Crippen molar-refractivity contribution in [3.63, 3.8) is 0 Å². The van der Waals surface area contributed by atoms with Gasteiger partial charge >= 0.3 is 0 Å². The van der Waals surface area contributed by atoms with Crippen LogP contribution in [0.2, 0.25) is 5.15 Å². The van der Waals surface area contributed by atoms with Crippen molar-refractivity contribution in [3.05, 3.63) is 40.7 Å². The summed E-state index contributed by atoms with van der Waals surface area (Å²) in [6.45, 7) is 3.10. The van der Waals surface area contributed by atoms with E-state index in [1.54, 1.807) is 0 Å². The minimum Gasteiger partial charge on any atom is -0.391 e. The van der Waals surface area contributed by atoms with Gasteiger partial charge in [0, 0.05) is 18.8 Å². The van der Waals surface area contributed by atoms with Crippen LogP contribution in [0.4, 0.5) is 17.3 Å². The fourth-order valence-corrected chi connectivity index (χ4v) is 3.16. The number of nitrogens with zero attached hydrogens (tertiary/aromatic N) is 2. The van der Waals surface area contributed by atoms with Gasteiger partial charge in [-0.15, -0.1) is 0 Å². The number of aryl methyl sites for hydroxylation is 1. The Kier molecular flexibility index (Phi) is 12.1. The molecule has 2 rings (SSSR count). The number of nitrogen functional groups attached to an aromatic ring is 2. The van der Waals surface area contributed by atoms with Crippen LogP contribution in [-0.4, -0.2) is 70.6 Å². The molecule has 0 saturated carbocycles. The van der Waals surface area contributed by atoms with Gasteiger partial charge in [-0.1, -0.05) is 30.7 Å². The lowest BCUT2D eigenvalue weighted by Gasteiger charge is -2.15. The smallest absolute Gasteiger partial charge is 0.280 e. The molecule has 1 amide bonds. The number of anilines is 3. The first kappa shape index (κ1) is 29.0. The molecule has 0 aliphatic rings. The van der Waals surface area contributed by atoms with Crippen molar-refractivity contribution in [1.29, 1.82) is 5.41 Å². The average Bonchev–Trinajstić information content (AvgIpc) is 2.85. The largest absolute Gasteiger partial charge is 0.391 e. The molecule has 0 radical (unpaired) electrons. The van der Waals surface area contributed by atoms with Crippen molar-refractivity contribution < 1.29 is 19.7 Å². The standard InChI is InChI=1S/C23H35ClN8O4/c1-2-16(33)12-36-13-17(34)11-29-15-8-6-14(7-9-15)5-3-4-10-28-23(27)32-22(35)18-20(25)31-21(26)19(24)30-18/h6-9,16-17,29,33-34H,2-5,10-13H2,1H3,(H4,25,26,31)(H3,27,28,32,35)/t16-,17+/m1/s1. The van der Waals surface area contributed by atoms with Gasteiger partial charge in [0.25, 0.3) is 5.91 Å². The third kappa shape index (κ3) is 10.2. The van der Waals surface area contributed by atoms with Crippen LogP contribution in [0.1, 0.15) is 42.2 Å². The molecule has 1 aromatic heterocycles. The Hall–Kier alpha value is -3.19. The van der Waals surface area contributed by atoms with Gasteiger partial charge < -0.3 is 37.1 Å². The highest BCUT2D eigenvalue weighted by atomic mass is 35.5. The second-order valence-electron chi connectivity index (χ2n) is 8.18. The van der Waals surface area contributed by atoms with Crippen LogP contribution < -0.4 is 27.4 Å². The zero-order chi connectivity index (χ0) is 26.5. The molecule has 0 aliphatic heterocycles. The number of halogens is 1. The summed E-state index contributed by atoms with van der Waals surface area (Å²) in [6.07, 6.45) is 1.97. The van der Waals surface area contributed by atoms with Gasteiger partial charge in [0.1, 0.15) is 0 Å². The van der Waals surface area contributed by atoms with E-state index in [0.29, 0.717) is 19.5 Å². The SMILES string of the molecule is CC[C@@H](O)COC[C@@H](O)CNc1ccc(CCCCNC(=N)NC(=O)c2nc(Cl)c(N)nc2N)cc1. The molecule has 12 nitrogen and oxygen atoms in total. The van der Waals surface area contributed by atoms with Crippen LogP contribution >= 0.6 is 11.6 Å². The van der Waals surface area contributed by atoms with E-state index in [4.69, 9.17) is 33.2 Å².